The monoisotopic (exact) mass is 223 g/mol. The Balaban J connectivity index is 1.64. The van der Waals surface area contributed by atoms with Crippen molar-refractivity contribution in [1.29, 1.82) is 0 Å². The van der Waals surface area contributed by atoms with Crippen LogP contribution < -0.4 is 14.8 Å². The molecule has 1 aliphatic heterocycles. The first-order chi connectivity index (χ1) is 7.88. The maximum atomic E-state index is 5.57. The number of ether oxygens (including phenoxy) is 3. The van der Waals surface area contributed by atoms with Gasteiger partial charge in [-0.3, -0.25) is 0 Å². The van der Waals surface area contributed by atoms with Crippen LogP contribution >= 0.6 is 0 Å². The molecule has 4 nitrogen and oxygen atoms in total. The third-order valence-corrected chi connectivity index (χ3v) is 2.50. The van der Waals surface area contributed by atoms with Crippen LogP contribution in [-0.4, -0.2) is 39.5 Å². The molecule has 0 radical (unpaired) electrons. The molecule has 1 fully saturated rings. The fourth-order valence-corrected chi connectivity index (χ4v) is 1.46. The standard InChI is InChI=1S/C12H17NO3/c1-14-11-2-4-12(5-3-11)16-7-6-13-10-8-15-9-10/h2-5,10,13H,6-9H2,1H3. The first-order valence-electron chi connectivity index (χ1n) is 5.46. The van der Waals surface area contributed by atoms with E-state index >= 15 is 0 Å². The maximum absolute atomic E-state index is 5.57. The Bertz CT molecular complexity index is 309. The van der Waals surface area contributed by atoms with Crippen molar-refractivity contribution < 1.29 is 14.2 Å². The van der Waals surface area contributed by atoms with E-state index in [4.69, 9.17) is 14.2 Å². The van der Waals surface area contributed by atoms with Gasteiger partial charge in [-0.1, -0.05) is 0 Å². The predicted octanol–water partition coefficient (Wildman–Crippen LogP) is 1.06. The molecule has 4 heteroatoms. The summed E-state index contributed by atoms with van der Waals surface area (Å²) in [5, 5.41) is 3.34. The summed E-state index contributed by atoms with van der Waals surface area (Å²) < 4.78 is 15.7. The molecule has 0 amide bonds. The average Bonchev–Trinajstić information content (AvgIpc) is 2.27. The van der Waals surface area contributed by atoms with Crippen LogP contribution in [0.4, 0.5) is 0 Å². The quantitative estimate of drug-likeness (QED) is 0.732. The van der Waals surface area contributed by atoms with E-state index in [1.165, 1.54) is 0 Å². The SMILES string of the molecule is COc1ccc(OCCNC2COC2)cc1. The summed E-state index contributed by atoms with van der Waals surface area (Å²) in [6, 6.07) is 8.11. The number of hydrogen-bond donors (Lipinski definition) is 1. The summed E-state index contributed by atoms with van der Waals surface area (Å²) in [6.45, 7) is 3.16. The second-order valence-corrected chi connectivity index (χ2v) is 3.71. The summed E-state index contributed by atoms with van der Waals surface area (Å²) >= 11 is 0. The predicted molar refractivity (Wildman–Crippen MR) is 61.1 cm³/mol. The van der Waals surface area contributed by atoms with Gasteiger partial charge < -0.3 is 19.5 Å². The molecule has 2 rings (SSSR count). The minimum atomic E-state index is 0.513. The molecule has 88 valence electrons. The van der Waals surface area contributed by atoms with E-state index in [-0.39, 0.29) is 0 Å². The Morgan fingerprint density at radius 3 is 2.50 bits per heavy atom. The first kappa shape index (κ1) is 11.2. The molecule has 16 heavy (non-hydrogen) atoms. The molecule has 0 atom stereocenters. The molecule has 0 spiro atoms. The lowest BCUT2D eigenvalue weighted by Crippen LogP contribution is -2.47. The van der Waals surface area contributed by atoms with Gasteiger partial charge in [0.1, 0.15) is 18.1 Å². The highest BCUT2D eigenvalue weighted by molar-refractivity contribution is 5.31. The molecule has 1 heterocycles. The van der Waals surface area contributed by atoms with E-state index in [1.807, 2.05) is 24.3 Å². The van der Waals surface area contributed by atoms with Crippen molar-refractivity contribution in [3.05, 3.63) is 24.3 Å². The molecule has 0 bridgehead atoms. The zero-order chi connectivity index (χ0) is 11.2. The highest BCUT2D eigenvalue weighted by Gasteiger charge is 2.16. The smallest absolute Gasteiger partial charge is 0.119 e. The molecule has 1 N–H and O–H groups in total. The van der Waals surface area contributed by atoms with Gasteiger partial charge in [0.2, 0.25) is 0 Å². The van der Waals surface area contributed by atoms with Gasteiger partial charge in [-0.05, 0) is 24.3 Å². The molecular formula is C12H17NO3. The van der Waals surface area contributed by atoms with Gasteiger partial charge in [0.15, 0.2) is 0 Å². The fraction of sp³-hybridized carbons (Fsp3) is 0.500. The first-order valence-corrected chi connectivity index (χ1v) is 5.46. The highest BCUT2D eigenvalue weighted by Crippen LogP contribution is 2.16. The van der Waals surface area contributed by atoms with Crippen molar-refractivity contribution >= 4 is 0 Å². The Labute approximate surface area is 95.5 Å². The van der Waals surface area contributed by atoms with Crippen LogP contribution in [0.15, 0.2) is 24.3 Å². The van der Waals surface area contributed by atoms with Gasteiger partial charge in [0.05, 0.1) is 26.4 Å². The second-order valence-electron chi connectivity index (χ2n) is 3.71. The highest BCUT2D eigenvalue weighted by atomic mass is 16.5. The molecular weight excluding hydrogens is 206 g/mol. The minimum absolute atomic E-state index is 0.513. The van der Waals surface area contributed by atoms with Crippen LogP contribution in [0.3, 0.4) is 0 Å². The van der Waals surface area contributed by atoms with Gasteiger partial charge >= 0.3 is 0 Å². The van der Waals surface area contributed by atoms with Gasteiger partial charge in [-0.15, -0.1) is 0 Å². The summed E-state index contributed by atoms with van der Waals surface area (Å²) in [5.74, 6) is 1.71. The Kier molecular flexibility index (Phi) is 4.02. The largest absolute Gasteiger partial charge is 0.497 e. The van der Waals surface area contributed by atoms with Crippen molar-refractivity contribution in [2.45, 2.75) is 6.04 Å². The maximum Gasteiger partial charge on any atom is 0.119 e. The Morgan fingerprint density at radius 2 is 1.94 bits per heavy atom. The van der Waals surface area contributed by atoms with Crippen LogP contribution in [0.2, 0.25) is 0 Å². The van der Waals surface area contributed by atoms with Gasteiger partial charge in [-0.2, -0.15) is 0 Å². The number of benzene rings is 1. The van der Waals surface area contributed by atoms with E-state index in [0.29, 0.717) is 12.6 Å². The van der Waals surface area contributed by atoms with Crippen molar-refractivity contribution in [2.24, 2.45) is 0 Å². The minimum Gasteiger partial charge on any atom is -0.497 e. The topological polar surface area (TPSA) is 39.7 Å². The molecule has 1 saturated heterocycles. The molecule has 1 aromatic rings. The van der Waals surface area contributed by atoms with Crippen LogP contribution in [-0.2, 0) is 4.74 Å². The van der Waals surface area contributed by atoms with E-state index in [1.54, 1.807) is 7.11 Å². The van der Waals surface area contributed by atoms with Crippen molar-refractivity contribution in [1.82, 2.24) is 5.32 Å². The average molecular weight is 223 g/mol. The fourth-order valence-electron chi connectivity index (χ4n) is 1.46. The molecule has 0 aromatic heterocycles. The second kappa shape index (κ2) is 5.72. The molecule has 1 aliphatic rings. The van der Waals surface area contributed by atoms with Crippen LogP contribution in [0.1, 0.15) is 0 Å². The summed E-state index contributed by atoms with van der Waals surface area (Å²) in [6.07, 6.45) is 0. The lowest BCUT2D eigenvalue weighted by Gasteiger charge is -2.26. The van der Waals surface area contributed by atoms with E-state index in [2.05, 4.69) is 5.32 Å². The van der Waals surface area contributed by atoms with Gasteiger partial charge in [0.25, 0.3) is 0 Å². The van der Waals surface area contributed by atoms with Crippen LogP contribution in [0.25, 0.3) is 0 Å². The van der Waals surface area contributed by atoms with E-state index in [9.17, 15) is 0 Å². The third kappa shape index (κ3) is 3.12. The van der Waals surface area contributed by atoms with Crippen molar-refractivity contribution in [2.75, 3.05) is 33.5 Å². The number of nitrogens with one attached hydrogen (secondary N) is 1. The molecule has 1 aromatic carbocycles. The lowest BCUT2D eigenvalue weighted by atomic mass is 10.2. The van der Waals surface area contributed by atoms with Crippen LogP contribution in [0.5, 0.6) is 11.5 Å². The number of hydrogen-bond acceptors (Lipinski definition) is 4. The summed E-state index contributed by atoms with van der Waals surface area (Å²) in [4.78, 5) is 0. The third-order valence-electron chi connectivity index (χ3n) is 2.50. The zero-order valence-corrected chi connectivity index (χ0v) is 9.44. The van der Waals surface area contributed by atoms with Gasteiger partial charge in [0, 0.05) is 6.54 Å². The number of methoxy groups -OCH3 is 1. The molecule has 0 aliphatic carbocycles. The Hall–Kier alpha value is -1.26. The van der Waals surface area contributed by atoms with Crippen LogP contribution in [0, 0.1) is 0 Å². The summed E-state index contributed by atoms with van der Waals surface area (Å²) in [7, 11) is 1.65. The van der Waals surface area contributed by atoms with Crippen molar-refractivity contribution in [3.8, 4) is 11.5 Å². The van der Waals surface area contributed by atoms with Gasteiger partial charge in [-0.25, -0.2) is 0 Å². The van der Waals surface area contributed by atoms with E-state index < -0.39 is 0 Å². The summed E-state index contributed by atoms with van der Waals surface area (Å²) in [5.41, 5.74) is 0. The van der Waals surface area contributed by atoms with Crippen molar-refractivity contribution in [3.63, 3.8) is 0 Å². The number of rotatable bonds is 6. The van der Waals surface area contributed by atoms with E-state index in [0.717, 1.165) is 31.3 Å². The Morgan fingerprint density at radius 1 is 1.25 bits per heavy atom. The zero-order valence-electron chi connectivity index (χ0n) is 9.44. The molecule has 0 unspecified atom stereocenters. The normalized spacial score (nSPS) is 15.6. The lowest BCUT2D eigenvalue weighted by molar-refractivity contribution is -0.00595. The molecule has 0 saturated carbocycles.